The molecule has 0 saturated carbocycles. The maximum absolute atomic E-state index is 10.1. The predicted molar refractivity (Wildman–Crippen MR) is 85.1 cm³/mol. The second kappa shape index (κ2) is 12.9. The van der Waals surface area contributed by atoms with E-state index in [1.807, 2.05) is 0 Å². The van der Waals surface area contributed by atoms with E-state index in [0.717, 1.165) is 25.7 Å². The summed E-state index contributed by atoms with van der Waals surface area (Å²) in [5, 5.41) is 10.1. The highest BCUT2D eigenvalue weighted by Gasteiger charge is 2.19. The highest BCUT2D eigenvalue weighted by atomic mass is 16.3. The maximum atomic E-state index is 10.1. The molecule has 0 bridgehead atoms. The first-order chi connectivity index (χ1) is 9.12. The van der Waals surface area contributed by atoms with Gasteiger partial charge in [0, 0.05) is 0 Å². The fraction of sp³-hybridized carbons (Fsp3) is 1.00. The molecule has 0 aliphatic rings. The van der Waals surface area contributed by atoms with E-state index < -0.39 is 5.72 Å². The molecule has 2 nitrogen and oxygen atoms in total. The molecule has 0 aliphatic carbocycles. The molecule has 116 valence electrons. The minimum absolute atomic E-state index is 0.772. The van der Waals surface area contributed by atoms with Gasteiger partial charge >= 0.3 is 0 Å². The Morgan fingerprint density at radius 3 is 1.32 bits per heavy atom. The van der Waals surface area contributed by atoms with Gasteiger partial charge in [0.25, 0.3) is 0 Å². The van der Waals surface area contributed by atoms with E-state index in [0.29, 0.717) is 0 Å². The molecular weight excluding hydrogens is 234 g/mol. The first-order valence-electron chi connectivity index (χ1n) is 8.63. The van der Waals surface area contributed by atoms with Gasteiger partial charge in [-0.15, -0.1) is 0 Å². The average molecular weight is 271 g/mol. The number of aliphatic hydroxyl groups is 1. The van der Waals surface area contributed by atoms with Crippen LogP contribution in [0.25, 0.3) is 0 Å². The van der Waals surface area contributed by atoms with Gasteiger partial charge in [-0.2, -0.15) is 0 Å². The summed E-state index contributed by atoms with van der Waals surface area (Å²) in [6.45, 7) is 4.47. The number of unbranched alkanes of at least 4 members (excludes halogenated alkanes) is 10. The van der Waals surface area contributed by atoms with Crippen molar-refractivity contribution in [2.24, 2.45) is 5.73 Å². The molecule has 3 N–H and O–H groups in total. The van der Waals surface area contributed by atoms with Gasteiger partial charge in [0.1, 0.15) is 5.72 Å². The summed E-state index contributed by atoms with van der Waals surface area (Å²) < 4.78 is 0. The third kappa shape index (κ3) is 14.1. The molecular formula is C17H37NO. The standard InChI is InChI=1S/C17H37NO/c1-3-5-7-9-11-13-15-17(18,19)16-14-12-10-8-6-4-2/h19H,3-16,18H2,1-2H3. The third-order valence-corrected chi connectivity index (χ3v) is 3.93. The molecule has 0 fully saturated rings. The lowest BCUT2D eigenvalue weighted by Gasteiger charge is -2.23. The Bertz CT molecular complexity index is 162. The zero-order valence-electron chi connectivity index (χ0n) is 13.4. The SMILES string of the molecule is CCCCCCCCC(N)(O)CCCCCCCC. The zero-order valence-corrected chi connectivity index (χ0v) is 13.4. The molecule has 0 unspecified atom stereocenters. The van der Waals surface area contributed by atoms with Crippen LogP contribution in [0, 0.1) is 0 Å². The van der Waals surface area contributed by atoms with Crippen LogP contribution in [0.3, 0.4) is 0 Å². The zero-order chi connectivity index (χ0) is 14.4. The van der Waals surface area contributed by atoms with E-state index in [-0.39, 0.29) is 0 Å². The molecule has 0 rings (SSSR count). The summed E-state index contributed by atoms with van der Waals surface area (Å²) in [6.07, 6.45) is 16.6. The van der Waals surface area contributed by atoms with Crippen molar-refractivity contribution in [3.8, 4) is 0 Å². The summed E-state index contributed by atoms with van der Waals surface area (Å²) in [4.78, 5) is 0. The number of rotatable bonds is 14. The normalized spacial score (nSPS) is 12.0. The molecule has 19 heavy (non-hydrogen) atoms. The molecule has 0 aromatic carbocycles. The van der Waals surface area contributed by atoms with Crippen molar-refractivity contribution in [2.75, 3.05) is 0 Å². The Hall–Kier alpha value is -0.0800. The fourth-order valence-corrected chi connectivity index (χ4v) is 2.55. The Morgan fingerprint density at radius 2 is 0.947 bits per heavy atom. The second-order valence-corrected chi connectivity index (χ2v) is 6.14. The van der Waals surface area contributed by atoms with Gasteiger partial charge in [-0.3, -0.25) is 0 Å². The molecule has 0 aromatic rings. The molecule has 0 aromatic heterocycles. The molecule has 0 aliphatic heterocycles. The lowest BCUT2D eigenvalue weighted by Crippen LogP contribution is -2.39. The monoisotopic (exact) mass is 271 g/mol. The quantitative estimate of drug-likeness (QED) is 0.339. The van der Waals surface area contributed by atoms with Crippen LogP contribution in [0.15, 0.2) is 0 Å². The smallest absolute Gasteiger partial charge is 0.113 e. The van der Waals surface area contributed by atoms with Crippen LogP contribution in [0.1, 0.15) is 104 Å². The average Bonchev–Trinajstić information content (AvgIpc) is 2.38. The summed E-state index contributed by atoms with van der Waals surface area (Å²) in [5.74, 6) is 0. The number of nitrogens with two attached hydrogens (primary N) is 1. The number of hydrogen-bond donors (Lipinski definition) is 2. The predicted octanol–water partition coefficient (Wildman–Crippen LogP) is 5.13. The van der Waals surface area contributed by atoms with E-state index in [9.17, 15) is 5.11 Å². The van der Waals surface area contributed by atoms with Crippen LogP contribution >= 0.6 is 0 Å². The van der Waals surface area contributed by atoms with Gasteiger partial charge in [-0.1, -0.05) is 78.1 Å². The Morgan fingerprint density at radius 1 is 0.632 bits per heavy atom. The van der Waals surface area contributed by atoms with Crippen molar-refractivity contribution in [1.82, 2.24) is 0 Å². The summed E-state index contributed by atoms with van der Waals surface area (Å²) in [7, 11) is 0. The van der Waals surface area contributed by atoms with Gasteiger partial charge < -0.3 is 10.8 Å². The first-order valence-corrected chi connectivity index (χ1v) is 8.63. The van der Waals surface area contributed by atoms with Gasteiger partial charge in [0.15, 0.2) is 0 Å². The third-order valence-electron chi connectivity index (χ3n) is 3.93. The highest BCUT2D eigenvalue weighted by molar-refractivity contribution is 4.70. The van der Waals surface area contributed by atoms with Gasteiger partial charge in [0.2, 0.25) is 0 Å². The number of hydrogen-bond acceptors (Lipinski definition) is 2. The molecule has 0 spiro atoms. The van der Waals surface area contributed by atoms with Crippen molar-refractivity contribution in [1.29, 1.82) is 0 Å². The fourth-order valence-electron chi connectivity index (χ4n) is 2.55. The Kier molecular flexibility index (Phi) is 12.9. The van der Waals surface area contributed by atoms with E-state index in [2.05, 4.69) is 13.8 Å². The molecule has 0 atom stereocenters. The molecule has 0 heterocycles. The minimum atomic E-state index is -0.907. The summed E-state index contributed by atoms with van der Waals surface area (Å²) in [6, 6.07) is 0. The van der Waals surface area contributed by atoms with E-state index in [4.69, 9.17) is 5.73 Å². The molecule has 0 saturated heterocycles. The van der Waals surface area contributed by atoms with Crippen molar-refractivity contribution >= 4 is 0 Å². The van der Waals surface area contributed by atoms with E-state index in [1.54, 1.807) is 0 Å². The van der Waals surface area contributed by atoms with Crippen LogP contribution < -0.4 is 5.73 Å². The van der Waals surface area contributed by atoms with Crippen LogP contribution in [0.4, 0.5) is 0 Å². The van der Waals surface area contributed by atoms with Crippen molar-refractivity contribution in [3.05, 3.63) is 0 Å². The molecule has 0 amide bonds. The lowest BCUT2D eigenvalue weighted by atomic mass is 9.97. The van der Waals surface area contributed by atoms with Crippen LogP contribution in [-0.2, 0) is 0 Å². The Balaban J connectivity index is 3.36. The van der Waals surface area contributed by atoms with Crippen molar-refractivity contribution in [3.63, 3.8) is 0 Å². The summed E-state index contributed by atoms with van der Waals surface area (Å²) >= 11 is 0. The molecule has 2 heteroatoms. The van der Waals surface area contributed by atoms with Crippen molar-refractivity contribution < 1.29 is 5.11 Å². The second-order valence-electron chi connectivity index (χ2n) is 6.14. The van der Waals surface area contributed by atoms with Crippen LogP contribution in [0.2, 0.25) is 0 Å². The molecule has 0 radical (unpaired) electrons. The van der Waals surface area contributed by atoms with E-state index >= 15 is 0 Å². The van der Waals surface area contributed by atoms with Gasteiger partial charge in [-0.05, 0) is 25.7 Å². The van der Waals surface area contributed by atoms with Gasteiger partial charge in [0.05, 0.1) is 0 Å². The highest BCUT2D eigenvalue weighted by Crippen LogP contribution is 2.18. The summed E-state index contributed by atoms with van der Waals surface area (Å²) in [5.41, 5.74) is 5.05. The van der Waals surface area contributed by atoms with Crippen LogP contribution in [0.5, 0.6) is 0 Å². The largest absolute Gasteiger partial charge is 0.376 e. The van der Waals surface area contributed by atoms with Gasteiger partial charge in [-0.25, -0.2) is 0 Å². The van der Waals surface area contributed by atoms with Crippen molar-refractivity contribution in [2.45, 2.75) is 109 Å². The topological polar surface area (TPSA) is 46.2 Å². The lowest BCUT2D eigenvalue weighted by molar-refractivity contribution is 0.0240. The first kappa shape index (κ1) is 18.9. The maximum Gasteiger partial charge on any atom is 0.113 e. The van der Waals surface area contributed by atoms with E-state index in [1.165, 1.54) is 64.2 Å². The van der Waals surface area contributed by atoms with Crippen LogP contribution in [-0.4, -0.2) is 10.8 Å². The minimum Gasteiger partial charge on any atom is -0.376 e. The Labute approximate surface area is 121 Å².